The summed E-state index contributed by atoms with van der Waals surface area (Å²) in [6.07, 6.45) is 0.555. The van der Waals surface area contributed by atoms with E-state index in [-0.39, 0.29) is 60.1 Å². The number of morpholine rings is 2. The highest BCUT2D eigenvalue weighted by molar-refractivity contribution is 5.98. The number of aryl methyl sites for hydroxylation is 2. The van der Waals surface area contributed by atoms with E-state index in [1.807, 2.05) is 37.4 Å². The Bertz CT molecular complexity index is 2870. The fraction of sp³-hybridized carbons (Fsp3) is 0.311. The quantitative estimate of drug-likeness (QED) is 0.117. The molecule has 21 heteroatoms. The highest BCUT2D eigenvalue weighted by Crippen LogP contribution is 2.30. The molecule has 4 aromatic carbocycles. The van der Waals surface area contributed by atoms with Crippen molar-refractivity contribution in [2.24, 2.45) is 19.8 Å². The number of aromatic nitrogens is 6. The third-order valence-corrected chi connectivity index (χ3v) is 11.3. The second-order valence-electron chi connectivity index (χ2n) is 15.4. The molecule has 5 heterocycles. The third kappa shape index (κ3) is 9.87. The Balaban J connectivity index is 0.000000181. The van der Waals surface area contributed by atoms with Crippen LogP contribution >= 0.6 is 0 Å². The molecule has 9 rings (SSSR count). The maximum atomic E-state index is 15.1. The number of fused-ring (bicyclic) bond motifs is 2. The van der Waals surface area contributed by atoms with Gasteiger partial charge in [-0.15, -0.1) is 10.2 Å². The van der Waals surface area contributed by atoms with Crippen molar-refractivity contribution in [3.05, 3.63) is 119 Å². The lowest BCUT2D eigenvalue weighted by Gasteiger charge is -2.33. The molecule has 3 aromatic heterocycles. The van der Waals surface area contributed by atoms with Crippen molar-refractivity contribution in [3.8, 4) is 11.5 Å². The van der Waals surface area contributed by atoms with Crippen molar-refractivity contribution >= 4 is 51.0 Å². The fourth-order valence-electron chi connectivity index (χ4n) is 7.55. The minimum atomic E-state index is -2.92. The molecule has 0 aliphatic carbocycles. The Morgan fingerprint density at radius 1 is 0.682 bits per heavy atom. The topological polar surface area (TPSA) is 183 Å². The molecular weight excluding hydrogens is 867 g/mol. The Kier molecular flexibility index (Phi) is 13.7. The summed E-state index contributed by atoms with van der Waals surface area (Å²) in [7, 11) is 3.63. The number of alkyl halides is 2. The molecule has 0 saturated carbocycles. The molecule has 0 spiro atoms. The summed E-state index contributed by atoms with van der Waals surface area (Å²) in [4.78, 5) is 45.0. The lowest BCUT2D eigenvalue weighted by atomic mass is 10.1. The Morgan fingerprint density at radius 2 is 1.18 bits per heavy atom. The SMILES string of the molecule is Cn1ncc2ccc(N(Cc3ccc(-c4nnc(C(F)F)o4)cc3F)C(=O)N3CCOCC3)cc21.Cn1ncc2ccc(N(Cc3ccc(C(=O)CN)cc3F)C(=O)N3CCOCC3)cc21. The van der Waals surface area contributed by atoms with Crippen LogP contribution in [0.2, 0.25) is 0 Å². The standard InChI is InChI=1S/C23H21F3N6O3.C22H24FN5O3/c1-30-19-11-17(5-4-15(19)12-27-30)32(23(33)31-6-8-34-9-7-31)13-16-3-2-14(10-18(16)24)21-28-29-22(35-21)20(25)26;1-26-20-11-18(5-4-16(20)13-25-26)28(22(30)27-6-8-31-9-7-27)14-17-3-2-15(10-19(17)23)21(29)12-24/h2-5,10-12,20H,6-9,13H2,1H3;2-5,10-11,13H,6-9,12,14,24H2,1H3. The van der Waals surface area contributed by atoms with Crippen molar-refractivity contribution in [1.29, 1.82) is 0 Å². The molecule has 4 amide bonds. The van der Waals surface area contributed by atoms with E-state index >= 15 is 4.39 Å². The van der Waals surface area contributed by atoms with Gasteiger partial charge in [0.05, 0.1) is 69.5 Å². The number of nitrogens with two attached hydrogens (primary N) is 1. The molecule has 2 aliphatic heterocycles. The van der Waals surface area contributed by atoms with Crippen LogP contribution in [-0.2, 0) is 36.7 Å². The number of amides is 4. The maximum absolute atomic E-state index is 15.1. The molecule has 7 aromatic rings. The number of hydrogen-bond donors (Lipinski definition) is 1. The zero-order valence-corrected chi connectivity index (χ0v) is 35.9. The van der Waals surface area contributed by atoms with Crippen LogP contribution in [0.4, 0.5) is 38.5 Å². The van der Waals surface area contributed by atoms with E-state index in [9.17, 15) is 27.6 Å². The molecule has 17 nitrogen and oxygen atoms in total. The summed E-state index contributed by atoms with van der Waals surface area (Å²) >= 11 is 0. The number of nitrogens with zero attached hydrogens (tertiary/aromatic N) is 10. The van der Waals surface area contributed by atoms with Gasteiger partial charge in [-0.2, -0.15) is 19.0 Å². The van der Waals surface area contributed by atoms with Gasteiger partial charge in [-0.1, -0.05) is 18.2 Å². The largest absolute Gasteiger partial charge is 0.415 e. The number of hydrogen-bond acceptors (Lipinski definition) is 11. The Labute approximate surface area is 374 Å². The fourth-order valence-corrected chi connectivity index (χ4v) is 7.55. The average Bonchev–Trinajstić information content (AvgIpc) is 4.09. The number of ketones is 1. The molecule has 66 heavy (non-hydrogen) atoms. The first-order valence-corrected chi connectivity index (χ1v) is 20.9. The minimum Gasteiger partial charge on any atom is -0.415 e. The van der Waals surface area contributed by atoms with Gasteiger partial charge in [-0.3, -0.25) is 24.0 Å². The van der Waals surface area contributed by atoms with Crippen molar-refractivity contribution < 1.29 is 45.8 Å². The molecule has 0 atom stereocenters. The predicted molar refractivity (Wildman–Crippen MR) is 234 cm³/mol. The van der Waals surface area contributed by atoms with Crippen molar-refractivity contribution in [3.63, 3.8) is 0 Å². The molecule has 0 unspecified atom stereocenters. The van der Waals surface area contributed by atoms with Gasteiger partial charge in [0.15, 0.2) is 5.78 Å². The normalized spacial score (nSPS) is 14.1. The number of urea groups is 2. The first-order valence-electron chi connectivity index (χ1n) is 20.9. The third-order valence-electron chi connectivity index (χ3n) is 11.3. The van der Waals surface area contributed by atoms with Gasteiger partial charge in [-0.25, -0.2) is 18.4 Å². The van der Waals surface area contributed by atoms with E-state index in [4.69, 9.17) is 19.6 Å². The number of carbonyl (C=O) groups is 3. The first kappa shape index (κ1) is 45.3. The smallest absolute Gasteiger partial charge is 0.324 e. The predicted octanol–water partition coefficient (Wildman–Crippen LogP) is 6.47. The Morgan fingerprint density at radius 3 is 1.64 bits per heavy atom. The van der Waals surface area contributed by atoms with Crippen LogP contribution < -0.4 is 15.5 Å². The summed E-state index contributed by atoms with van der Waals surface area (Å²) < 4.78 is 74.5. The van der Waals surface area contributed by atoms with Crippen LogP contribution in [0, 0.1) is 11.6 Å². The highest BCUT2D eigenvalue weighted by atomic mass is 19.3. The minimum absolute atomic E-state index is 0.0163. The van der Waals surface area contributed by atoms with Crippen LogP contribution in [-0.4, -0.2) is 117 Å². The molecule has 0 radical (unpaired) electrons. The van der Waals surface area contributed by atoms with Gasteiger partial charge in [0, 0.05) is 84.7 Å². The first-order chi connectivity index (χ1) is 31.9. The van der Waals surface area contributed by atoms with Crippen molar-refractivity contribution in [2.45, 2.75) is 19.5 Å². The zero-order valence-electron chi connectivity index (χ0n) is 35.9. The van der Waals surface area contributed by atoms with E-state index in [1.165, 1.54) is 35.2 Å². The van der Waals surface area contributed by atoms with Gasteiger partial charge in [0.1, 0.15) is 11.6 Å². The van der Waals surface area contributed by atoms with E-state index in [2.05, 4.69) is 20.4 Å². The van der Waals surface area contributed by atoms with Crippen molar-refractivity contribution in [2.75, 3.05) is 69.0 Å². The molecule has 344 valence electrons. The molecule has 2 N–H and O–H groups in total. The average molecular weight is 912 g/mol. The van der Waals surface area contributed by atoms with Gasteiger partial charge in [0.25, 0.3) is 5.89 Å². The maximum Gasteiger partial charge on any atom is 0.324 e. The number of anilines is 2. The number of benzene rings is 4. The number of rotatable bonds is 10. The number of Topliss-reactive ketones (excluding diaryl/α,β-unsaturated/α-hetero) is 1. The van der Waals surface area contributed by atoms with Crippen LogP contribution in [0.25, 0.3) is 33.3 Å². The number of carbonyl (C=O) groups excluding carboxylic acids is 3. The lowest BCUT2D eigenvalue weighted by Crippen LogP contribution is -2.48. The molecule has 0 bridgehead atoms. The summed E-state index contributed by atoms with van der Waals surface area (Å²) in [5.74, 6) is -2.58. The monoisotopic (exact) mass is 911 g/mol. The van der Waals surface area contributed by atoms with E-state index in [0.29, 0.717) is 69.5 Å². The van der Waals surface area contributed by atoms with Gasteiger partial charge < -0.3 is 29.4 Å². The highest BCUT2D eigenvalue weighted by Gasteiger charge is 2.28. The number of halogens is 4. The zero-order chi connectivity index (χ0) is 46.5. The van der Waals surface area contributed by atoms with Crippen LogP contribution in [0.5, 0.6) is 0 Å². The molecule has 2 aliphatic rings. The summed E-state index contributed by atoms with van der Waals surface area (Å²) in [5.41, 5.74) is 9.19. The molecule has 2 fully saturated rings. The Hall–Kier alpha value is -7.23. The van der Waals surface area contributed by atoms with E-state index in [1.54, 1.807) is 49.6 Å². The summed E-state index contributed by atoms with van der Waals surface area (Å²) in [6, 6.07) is 18.9. The number of ether oxygens (including phenoxy) is 2. The van der Waals surface area contributed by atoms with E-state index < -0.39 is 24.0 Å². The molecular formula is C45H45F4N11O6. The summed E-state index contributed by atoms with van der Waals surface area (Å²) in [5, 5.41) is 17.2. The second kappa shape index (κ2) is 19.9. The summed E-state index contributed by atoms with van der Waals surface area (Å²) in [6.45, 7) is 3.33. The lowest BCUT2D eigenvalue weighted by molar-refractivity contribution is 0.0548. The van der Waals surface area contributed by atoms with Gasteiger partial charge in [-0.05, 0) is 54.6 Å². The second-order valence-corrected chi connectivity index (χ2v) is 15.4. The van der Waals surface area contributed by atoms with Gasteiger partial charge >= 0.3 is 18.5 Å². The molecule has 2 saturated heterocycles. The van der Waals surface area contributed by atoms with Crippen molar-refractivity contribution in [1.82, 2.24) is 39.6 Å². The van der Waals surface area contributed by atoms with Gasteiger partial charge in [0.2, 0.25) is 5.89 Å². The van der Waals surface area contributed by atoms with E-state index in [0.717, 1.165) is 27.9 Å². The van der Waals surface area contributed by atoms with Crippen LogP contribution in [0.3, 0.4) is 0 Å². The van der Waals surface area contributed by atoms with Crippen LogP contribution in [0.15, 0.2) is 89.6 Å². The van der Waals surface area contributed by atoms with Crippen LogP contribution in [0.1, 0.15) is 33.8 Å².